The molecule has 0 spiro atoms. The van der Waals surface area contributed by atoms with Gasteiger partial charge in [-0.15, -0.1) is 0 Å². The predicted molar refractivity (Wildman–Crippen MR) is 59.2 cm³/mol. The number of benzene rings is 1. The maximum Gasteiger partial charge on any atom is 0.119 e. The Morgan fingerprint density at radius 1 is 1.29 bits per heavy atom. The van der Waals surface area contributed by atoms with Gasteiger partial charge in [0.15, 0.2) is 0 Å². The lowest BCUT2D eigenvalue weighted by Crippen LogP contribution is -1.96. The highest BCUT2D eigenvalue weighted by atomic mass is 32.2. The zero-order valence-corrected chi connectivity index (χ0v) is 9.47. The first kappa shape index (κ1) is 11.2. The summed E-state index contributed by atoms with van der Waals surface area (Å²) in [5.74, 6) is 0.854. The summed E-state index contributed by atoms with van der Waals surface area (Å²) in [4.78, 5) is 0.841. The molecular formula is C11H16O2S. The second kappa shape index (κ2) is 5.81. The largest absolute Gasteiger partial charge is 0.494 e. The van der Waals surface area contributed by atoms with Crippen LogP contribution in [0.4, 0.5) is 0 Å². The summed E-state index contributed by atoms with van der Waals surface area (Å²) < 4.78 is 16.6. The smallest absolute Gasteiger partial charge is 0.119 e. The highest BCUT2D eigenvalue weighted by Gasteiger charge is 1.97. The van der Waals surface area contributed by atoms with Crippen molar-refractivity contribution >= 4 is 10.8 Å². The molecular weight excluding hydrogens is 196 g/mol. The molecule has 0 aromatic heterocycles. The van der Waals surface area contributed by atoms with E-state index < -0.39 is 10.8 Å². The van der Waals surface area contributed by atoms with Crippen molar-refractivity contribution in [2.45, 2.75) is 24.7 Å². The summed E-state index contributed by atoms with van der Waals surface area (Å²) in [5.41, 5.74) is 0. The van der Waals surface area contributed by atoms with Crippen LogP contribution in [0, 0.1) is 0 Å². The molecule has 78 valence electrons. The molecule has 0 fully saturated rings. The van der Waals surface area contributed by atoms with E-state index in [1.54, 1.807) is 6.26 Å². The molecule has 0 amide bonds. The van der Waals surface area contributed by atoms with Crippen LogP contribution < -0.4 is 4.74 Å². The molecule has 2 nitrogen and oxygen atoms in total. The number of hydrogen-bond donors (Lipinski definition) is 0. The third kappa shape index (κ3) is 3.50. The molecule has 0 heterocycles. The van der Waals surface area contributed by atoms with E-state index >= 15 is 0 Å². The van der Waals surface area contributed by atoms with Crippen LogP contribution in [-0.2, 0) is 10.8 Å². The average Bonchev–Trinajstić information content (AvgIpc) is 2.19. The number of unbranched alkanes of at least 4 members (excludes halogenated alkanes) is 1. The van der Waals surface area contributed by atoms with Crippen molar-refractivity contribution in [3.05, 3.63) is 24.3 Å². The summed E-state index contributed by atoms with van der Waals surface area (Å²) in [6, 6.07) is 7.42. The van der Waals surface area contributed by atoms with Gasteiger partial charge in [0.05, 0.1) is 6.61 Å². The van der Waals surface area contributed by atoms with Crippen molar-refractivity contribution in [2.24, 2.45) is 0 Å². The van der Waals surface area contributed by atoms with Gasteiger partial charge in [0, 0.05) is 22.0 Å². The zero-order chi connectivity index (χ0) is 10.4. The van der Waals surface area contributed by atoms with E-state index in [1.165, 1.54) is 0 Å². The van der Waals surface area contributed by atoms with Gasteiger partial charge in [0.25, 0.3) is 0 Å². The van der Waals surface area contributed by atoms with Crippen LogP contribution in [-0.4, -0.2) is 17.1 Å². The Hall–Kier alpha value is -0.830. The standard InChI is InChI=1S/C11H16O2S/c1-3-4-9-13-10-5-7-11(8-6-10)14(2)12/h5-8H,3-4,9H2,1-2H3. The van der Waals surface area contributed by atoms with E-state index in [4.69, 9.17) is 4.74 Å². The van der Waals surface area contributed by atoms with Gasteiger partial charge in [-0.3, -0.25) is 4.21 Å². The summed E-state index contributed by atoms with van der Waals surface area (Å²) in [6.07, 6.45) is 3.88. The van der Waals surface area contributed by atoms with Crippen LogP contribution >= 0.6 is 0 Å². The molecule has 14 heavy (non-hydrogen) atoms. The lowest BCUT2D eigenvalue weighted by molar-refractivity contribution is 0.309. The van der Waals surface area contributed by atoms with Gasteiger partial charge in [0.1, 0.15) is 5.75 Å². The SMILES string of the molecule is CCCCOc1ccc(S(C)=O)cc1. The third-order valence-electron chi connectivity index (χ3n) is 1.92. The molecule has 0 radical (unpaired) electrons. The quantitative estimate of drug-likeness (QED) is 0.701. The minimum atomic E-state index is -0.900. The Morgan fingerprint density at radius 3 is 2.43 bits per heavy atom. The number of hydrogen-bond acceptors (Lipinski definition) is 2. The van der Waals surface area contributed by atoms with Crippen molar-refractivity contribution in [3.8, 4) is 5.75 Å². The first-order valence-electron chi connectivity index (χ1n) is 4.80. The molecule has 1 unspecified atom stereocenters. The van der Waals surface area contributed by atoms with Gasteiger partial charge in [-0.05, 0) is 30.7 Å². The molecule has 0 bridgehead atoms. The van der Waals surface area contributed by atoms with Crippen molar-refractivity contribution in [2.75, 3.05) is 12.9 Å². The van der Waals surface area contributed by atoms with E-state index in [0.29, 0.717) is 0 Å². The Balaban J connectivity index is 2.51. The minimum Gasteiger partial charge on any atom is -0.494 e. The Kier molecular flexibility index (Phi) is 4.66. The summed E-state index contributed by atoms with van der Waals surface area (Å²) in [7, 11) is -0.900. The van der Waals surface area contributed by atoms with Crippen molar-refractivity contribution in [1.29, 1.82) is 0 Å². The van der Waals surface area contributed by atoms with Gasteiger partial charge >= 0.3 is 0 Å². The Labute approximate surface area is 87.7 Å². The van der Waals surface area contributed by atoms with E-state index in [2.05, 4.69) is 6.92 Å². The molecule has 1 atom stereocenters. The average molecular weight is 212 g/mol. The van der Waals surface area contributed by atoms with Gasteiger partial charge in [0.2, 0.25) is 0 Å². The first-order valence-corrected chi connectivity index (χ1v) is 6.36. The molecule has 1 rings (SSSR count). The summed E-state index contributed by atoms with van der Waals surface area (Å²) in [5, 5.41) is 0. The molecule has 0 N–H and O–H groups in total. The van der Waals surface area contributed by atoms with Crippen LogP contribution in [0.5, 0.6) is 5.75 Å². The molecule has 0 saturated heterocycles. The normalized spacial score (nSPS) is 12.4. The van der Waals surface area contributed by atoms with E-state index in [9.17, 15) is 4.21 Å². The van der Waals surface area contributed by atoms with Crippen LogP contribution in [0.15, 0.2) is 29.2 Å². The zero-order valence-electron chi connectivity index (χ0n) is 8.66. The van der Waals surface area contributed by atoms with E-state index in [0.717, 1.165) is 30.1 Å². The number of ether oxygens (including phenoxy) is 1. The second-order valence-corrected chi connectivity index (χ2v) is 4.51. The van der Waals surface area contributed by atoms with Crippen molar-refractivity contribution in [3.63, 3.8) is 0 Å². The van der Waals surface area contributed by atoms with Gasteiger partial charge in [-0.1, -0.05) is 13.3 Å². The third-order valence-corrected chi connectivity index (χ3v) is 2.86. The molecule has 0 aliphatic heterocycles. The maximum absolute atomic E-state index is 11.1. The molecule has 0 aliphatic rings. The fourth-order valence-corrected chi connectivity index (χ4v) is 1.58. The molecule has 0 aliphatic carbocycles. The highest BCUT2D eigenvalue weighted by Crippen LogP contribution is 2.14. The molecule has 1 aromatic rings. The molecule has 0 saturated carbocycles. The summed E-state index contributed by atoms with van der Waals surface area (Å²) in [6.45, 7) is 2.89. The molecule has 1 aromatic carbocycles. The van der Waals surface area contributed by atoms with Crippen LogP contribution in [0.3, 0.4) is 0 Å². The van der Waals surface area contributed by atoms with Crippen LogP contribution in [0.1, 0.15) is 19.8 Å². The van der Waals surface area contributed by atoms with E-state index in [1.807, 2.05) is 24.3 Å². The highest BCUT2D eigenvalue weighted by molar-refractivity contribution is 7.84. The lowest BCUT2D eigenvalue weighted by atomic mass is 10.3. The minimum absolute atomic E-state index is 0.755. The van der Waals surface area contributed by atoms with Crippen LogP contribution in [0.2, 0.25) is 0 Å². The predicted octanol–water partition coefficient (Wildman–Crippen LogP) is 2.60. The maximum atomic E-state index is 11.1. The van der Waals surface area contributed by atoms with Crippen LogP contribution in [0.25, 0.3) is 0 Å². The van der Waals surface area contributed by atoms with Crippen molar-refractivity contribution in [1.82, 2.24) is 0 Å². The van der Waals surface area contributed by atoms with Gasteiger partial charge in [-0.25, -0.2) is 0 Å². The second-order valence-electron chi connectivity index (χ2n) is 3.13. The van der Waals surface area contributed by atoms with E-state index in [-0.39, 0.29) is 0 Å². The Bertz CT molecular complexity index is 293. The first-order chi connectivity index (χ1) is 6.74. The Morgan fingerprint density at radius 2 is 1.93 bits per heavy atom. The lowest BCUT2D eigenvalue weighted by Gasteiger charge is -2.05. The molecule has 3 heteroatoms. The number of rotatable bonds is 5. The van der Waals surface area contributed by atoms with Crippen molar-refractivity contribution < 1.29 is 8.95 Å². The van der Waals surface area contributed by atoms with Gasteiger partial charge < -0.3 is 4.74 Å². The topological polar surface area (TPSA) is 26.3 Å². The monoisotopic (exact) mass is 212 g/mol. The fraction of sp³-hybridized carbons (Fsp3) is 0.455. The van der Waals surface area contributed by atoms with Gasteiger partial charge in [-0.2, -0.15) is 0 Å². The fourth-order valence-electron chi connectivity index (χ4n) is 1.06. The summed E-state index contributed by atoms with van der Waals surface area (Å²) >= 11 is 0.